The molecule has 0 aliphatic heterocycles. The van der Waals surface area contributed by atoms with Gasteiger partial charge in [0.1, 0.15) is 6.33 Å². The fraction of sp³-hybridized carbons (Fsp3) is 0.222. The second-order valence-corrected chi connectivity index (χ2v) is 3.13. The molecule has 0 atom stereocenters. The molecule has 0 saturated carbocycles. The molecule has 0 unspecified atom stereocenters. The molecule has 1 aromatic heterocycles. The summed E-state index contributed by atoms with van der Waals surface area (Å²) in [6, 6.07) is 2.54. The number of aromatic nitrogens is 2. The maximum atomic E-state index is 12.4. The van der Waals surface area contributed by atoms with E-state index in [2.05, 4.69) is 4.98 Å². The third-order valence-electron chi connectivity index (χ3n) is 2.11. The summed E-state index contributed by atoms with van der Waals surface area (Å²) in [5.41, 5.74) is -1.10. The molecule has 0 bridgehead atoms. The zero-order valence-electron chi connectivity index (χ0n) is 7.67. The Morgan fingerprint density at radius 2 is 1.88 bits per heavy atom. The van der Waals surface area contributed by atoms with Crippen LogP contribution >= 0.6 is 0 Å². The summed E-state index contributed by atoms with van der Waals surface area (Å²) in [5, 5.41) is 0. The number of rotatable bonds is 1. The van der Waals surface area contributed by atoms with Crippen molar-refractivity contribution >= 4 is 11.0 Å². The SMILES string of the molecule is FC(F)n1cnc2ccc(C(F)(F)F)cc21. The predicted molar refractivity (Wildman–Crippen MR) is 46.0 cm³/mol. The topological polar surface area (TPSA) is 17.8 Å². The molecular weight excluding hydrogens is 231 g/mol. The highest BCUT2D eigenvalue weighted by molar-refractivity contribution is 5.76. The maximum Gasteiger partial charge on any atom is 0.416 e. The van der Waals surface area contributed by atoms with E-state index < -0.39 is 18.3 Å². The molecule has 0 saturated heterocycles. The van der Waals surface area contributed by atoms with Crippen molar-refractivity contribution in [2.75, 3.05) is 0 Å². The quantitative estimate of drug-likeness (QED) is 0.693. The fourth-order valence-corrected chi connectivity index (χ4v) is 1.36. The predicted octanol–water partition coefficient (Wildman–Crippen LogP) is 3.45. The van der Waals surface area contributed by atoms with E-state index in [-0.39, 0.29) is 11.0 Å². The van der Waals surface area contributed by atoms with E-state index in [1.54, 1.807) is 0 Å². The zero-order chi connectivity index (χ0) is 11.9. The van der Waals surface area contributed by atoms with Gasteiger partial charge in [-0.3, -0.25) is 4.57 Å². The number of hydrogen-bond donors (Lipinski definition) is 0. The Labute approximate surface area is 86.3 Å². The van der Waals surface area contributed by atoms with Crippen LogP contribution in [0.1, 0.15) is 12.1 Å². The second kappa shape index (κ2) is 3.43. The van der Waals surface area contributed by atoms with Gasteiger partial charge in [-0.25, -0.2) is 4.98 Å². The van der Waals surface area contributed by atoms with Crippen molar-refractivity contribution in [1.82, 2.24) is 9.55 Å². The van der Waals surface area contributed by atoms with Crippen molar-refractivity contribution in [3.63, 3.8) is 0 Å². The van der Waals surface area contributed by atoms with E-state index in [1.165, 1.54) is 0 Å². The minimum absolute atomic E-state index is 0.105. The average molecular weight is 236 g/mol. The molecule has 86 valence electrons. The van der Waals surface area contributed by atoms with E-state index in [4.69, 9.17) is 0 Å². The fourth-order valence-electron chi connectivity index (χ4n) is 1.36. The van der Waals surface area contributed by atoms with Gasteiger partial charge in [0.2, 0.25) is 0 Å². The van der Waals surface area contributed by atoms with Crippen molar-refractivity contribution in [2.45, 2.75) is 12.7 Å². The molecule has 0 amide bonds. The first kappa shape index (κ1) is 10.8. The Kier molecular flexibility index (Phi) is 2.32. The summed E-state index contributed by atoms with van der Waals surface area (Å²) in [4.78, 5) is 3.58. The van der Waals surface area contributed by atoms with Crippen molar-refractivity contribution in [1.29, 1.82) is 0 Å². The molecule has 1 heterocycles. The van der Waals surface area contributed by atoms with Crippen LogP contribution in [0.3, 0.4) is 0 Å². The molecule has 0 fully saturated rings. The lowest BCUT2D eigenvalue weighted by Gasteiger charge is -2.07. The highest BCUT2D eigenvalue weighted by Gasteiger charge is 2.31. The van der Waals surface area contributed by atoms with Gasteiger partial charge in [-0.05, 0) is 18.2 Å². The lowest BCUT2D eigenvalue weighted by molar-refractivity contribution is -0.137. The Morgan fingerprint density at radius 1 is 1.19 bits per heavy atom. The van der Waals surface area contributed by atoms with Gasteiger partial charge < -0.3 is 0 Å². The molecule has 2 aromatic rings. The van der Waals surface area contributed by atoms with Crippen LogP contribution < -0.4 is 0 Å². The summed E-state index contributed by atoms with van der Waals surface area (Å²) < 4.78 is 62.2. The summed E-state index contributed by atoms with van der Waals surface area (Å²) in [5.74, 6) is 0. The third kappa shape index (κ3) is 1.72. The molecule has 7 heteroatoms. The largest absolute Gasteiger partial charge is 0.416 e. The van der Waals surface area contributed by atoms with Crippen LogP contribution in [-0.2, 0) is 6.18 Å². The molecule has 2 rings (SSSR count). The molecule has 1 aromatic carbocycles. The van der Waals surface area contributed by atoms with Crippen molar-refractivity contribution < 1.29 is 22.0 Å². The van der Waals surface area contributed by atoms with Crippen LogP contribution in [-0.4, -0.2) is 9.55 Å². The number of benzene rings is 1. The number of fused-ring (bicyclic) bond motifs is 1. The Morgan fingerprint density at radius 3 is 2.44 bits per heavy atom. The maximum absolute atomic E-state index is 12.4. The number of nitrogens with zero attached hydrogens (tertiary/aromatic N) is 2. The van der Waals surface area contributed by atoms with E-state index in [0.29, 0.717) is 10.6 Å². The Hall–Kier alpha value is -1.66. The molecule has 2 nitrogen and oxygen atoms in total. The Bertz CT molecular complexity index is 514. The molecule has 16 heavy (non-hydrogen) atoms. The van der Waals surface area contributed by atoms with Crippen molar-refractivity contribution in [3.05, 3.63) is 30.1 Å². The summed E-state index contributed by atoms with van der Waals surface area (Å²) in [6.45, 7) is -2.91. The minimum atomic E-state index is -4.55. The summed E-state index contributed by atoms with van der Waals surface area (Å²) in [7, 11) is 0. The summed E-state index contributed by atoms with van der Waals surface area (Å²) >= 11 is 0. The number of alkyl halides is 5. The molecule has 0 spiro atoms. The lowest BCUT2D eigenvalue weighted by Crippen LogP contribution is -2.05. The van der Waals surface area contributed by atoms with Crippen LogP contribution in [0, 0.1) is 0 Å². The highest BCUT2D eigenvalue weighted by atomic mass is 19.4. The van der Waals surface area contributed by atoms with E-state index in [0.717, 1.165) is 18.5 Å². The van der Waals surface area contributed by atoms with Crippen molar-refractivity contribution in [3.8, 4) is 0 Å². The van der Waals surface area contributed by atoms with E-state index >= 15 is 0 Å². The van der Waals surface area contributed by atoms with Gasteiger partial charge in [-0.1, -0.05) is 0 Å². The molecule has 0 radical (unpaired) electrons. The smallest absolute Gasteiger partial charge is 0.273 e. The first-order valence-electron chi connectivity index (χ1n) is 4.21. The van der Waals surface area contributed by atoms with Gasteiger partial charge in [-0.2, -0.15) is 22.0 Å². The molecule has 0 aliphatic rings. The second-order valence-electron chi connectivity index (χ2n) is 3.13. The molecule has 0 aliphatic carbocycles. The van der Waals surface area contributed by atoms with Gasteiger partial charge in [0, 0.05) is 0 Å². The van der Waals surface area contributed by atoms with Gasteiger partial charge in [0.15, 0.2) is 0 Å². The zero-order valence-corrected chi connectivity index (χ0v) is 7.67. The Balaban J connectivity index is 2.63. The molecular formula is C9H5F5N2. The average Bonchev–Trinajstić information content (AvgIpc) is 2.58. The van der Waals surface area contributed by atoms with Crippen LogP contribution in [0.2, 0.25) is 0 Å². The van der Waals surface area contributed by atoms with Crippen molar-refractivity contribution in [2.24, 2.45) is 0 Å². The molecule has 0 N–H and O–H groups in total. The monoisotopic (exact) mass is 236 g/mol. The summed E-state index contributed by atoms with van der Waals surface area (Å²) in [6.07, 6.45) is -3.74. The van der Waals surface area contributed by atoms with E-state index in [1.807, 2.05) is 0 Å². The van der Waals surface area contributed by atoms with Crippen LogP contribution in [0.5, 0.6) is 0 Å². The first-order valence-corrected chi connectivity index (χ1v) is 4.21. The number of halogens is 5. The van der Waals surface area contributed by atoms with Gasteiger partial charge in [-0.15, -0.1) is 0 Å². The van der Waals surface area contributed by atoms with Gasteiger partial charge in [0.05, 0.1) is 16.6 Å². The third-order valence-corrected chi connectivity index (χ3v) is 2.11. The van der Waals surface area contributed by atoms with E-state index in [9.17, 15) is 22.0 Å². The van der Waals surface area contributed by atoms with Crippen LogP contribution in [0.15, 0.2) is 24.5 Å². The first-order chi connectivity index (χ1) is 7.39. The normalized spacial score (nSPS) is 12.6. The van der Waals surface area contributed by atoms with Crippen LogP contribution in [0.25, 0.3) is 11.0 Å². The van der Waals surface area contributed by atoms with Gasteiger partial charge >= 0.3 is 12.7 Å². The number of imidazole rings is 1. The van der Waals surface area contributed by atoms with Gasteiger partial charge in [0.25, 0.3) is 0 Å². The highest BCUT2D eigenvalue weighted by Crippen LogP contribution is 2.31. The number of hydrogen-bond acceptors (Lipinski definition) is 1. The lowest BCUT2D eigenvalue weighted by atomic mass is 10.2. The minimum Gasteiger partial charge on any atom is -0.273 e. The standard InChI is InChI=1S/C9H5F5N2/c10-8(11)16-4-15-6-2-1-5(3-7(6)16)9(12,13)14/h1-4,8H. The van der Waals surface area contributed by atoms with Crippen LogP contribution in [0.4, 0.5) is 22.0 Å².